The first-order valence-corrected chi connectivity index (χ1v) is 8.97. The minimum absolute atomic E-state index is 0.282. The highest BCUT2D eigenvalue weighted by molar-refractivity contribution is 5.69. The Bertz CT molecular complexity index is 973. The van der Waals surface area contributed by atoms with Crippen molar-refractivity contribution in [2.75, 3.05) is 18.0 Å². The van der Waals surface area contributed by atoms with Crippen LogP contribution >= 0.6 is 0 Å². The van der Waals surface area contributed by atoms with E-state index in [2.05, 4.69) is 9.97 Å². The summed E-state index contributed by atoms with van der Waals surface area (Å²) in [6, 6.07) is 7.28. The SMILES string of the molecule is NC1CCN(c2ccc(-n3cc4c(n3)-c3cccnc3OC4)cn2)CC1F. The van der Waals surface area contributed by atoms with Crippen molar-refractivity contribution >= 4 is 5.82 Å². The van der Waals surface area contributed by atoms with Crippen molar-refractivity contribution in [2.45, 2.75) is 25.2 Å². The Labute approximate surface area is 155 Å². The van der Waals surface area contributed by atoms with Crippen LogP contribution in [0.1, 0.15) is 12.0 Å². The number of hydrogen-bond donors (Lipinski definition) is 1. The lowest BCUT2D eigenvalue weighted by Gasteiger charge is -2.33. The van der Waals surface area contributed by atoms with Crippen LogP contribution in [0.5, 0.6) is 5.88 Å². The predicted molar refractivity (Wildman–Crippen MR) is 98.6 cm³/mol. The van der Waals surface area contributed by atoms with Crippen LogP contribution in [0.2, 0.25) is 0 Å². The third-order valence-electron chi connectivity index (χ3n) is 5.09. The van der Waals surface area contributed by atoms with Gasteiger partial charge in [-0.05, 0) is 30.7 Å². The van der Waals surface area contributed by atoms with Gasteiger partial charge in [0.15, 0.2) is 0 Å². The van der Waals surface area contributed by atoms with Crippen molar-refractivity contribution in [3.63, 3.8) is 0 Å². The van der Waals surface area contributed by atoms with Gasteiger partial charge >= 0.3 is 0 Å². The van der Waals surface area contributed by atoms with Crippen molar-refractivity contribution in [1.29, 1.82) is 0 Å². The van der Waals surface area contributed by atoms with Gasteiger partial charge in [0.25, 0.3) is 0 Å². The summed E-state index contributed by atoms with van der Waals surface area (Å²) in [7, 11) is 0. The van der Waals surface area contributed by atoms with Crippen molar-refractivity contribution in [1.82, 2.24) is 19.7 Å². The largest absolute Gasteiger partial charge is 0.472 e. The number of alkyl halides is 1. The number of pyridine rings is 2. The van der Waals surface area contributed by atoms with Crippen molar-refractivity contribution in [3.8, 4) is 22.8 Å². The third kappa shape index (κ3) is 2.82. The number of hydrogen-bond acceptors (Lipinski definition) is 6. The zero-order valence-corrected chi connectivity index (χ0v) is 14.6. The maximum Gasteiger partial charge on any atom is 0.223 e. The molecule has 27 heavy (non-hydrogen) atoms. The van der Waals surface area contributed by atoms with Crippen LogP contribution in [0.15, 0.2) is 42.9 Å². The molecular weight excluding hydrogens is 347 g/mol. The third-order valence-corrected chi connectivity index (χ3v) is 5.09. The Morgan fingerprint density at radius 2 is 2.15 bits per heavy atom. The first kappa shape index (κ1) is 16.2. The molecular formula is C19H19FN6O. The predicted octanol–water partition coefficient (Wildman–Crippen LogP) is 2.10. The van der Waals surface area contributed by atoms with E-state index in [9.17, 15) is 4.39 Å². The molecule has 0 spiro atoms. The van der Waals surface area contributed by atoms with Gasteiger partial charge in [-0.25, -0.2) is 19.0 Å². The molecule has 2 unspecified atom stereocenters. The molecule has 1 fully saturated rings. The van der Waals surface area contributed by atoms with Gasteiger partial charge < -0.3 is 15.4 Å². The fourth-order valence-corrected chi connectivity index (χ4v) is 3.54. The van der Waals surface area contributed by atoms with Crippen molar-refractivity contribution in [3.05, 3.63) is 48.4 Å². The first-order chi connectivity index (χ1) is 13.2. The Kier molecular flexibility index (Phi) is 3.78. The van der Waals surface area contributed by atoms with Crippen LogP contribution in [0.4, 0.5) is 10.2 Å². The molecule has 1 saturated heterocycles. The van der Waals surface area contributed by atoms with Crippen LogP contribution < -0.4 is 15.4 Å². The number of nitrogens with two attached hydrogens (primary N) is 1. The number of rotatable bonds is 2. The van der Waals surface area contributed by atoms with E-state index in [1.807, 2.05) is 35.4 Å². The fourth-order valence-electron chi connectivity index (χ4n) is 3.54. The van der Waals surface area contributed by atoms with Crippen LogP contribution in [-0.4, -0.2) is 45.1 Å². The number of nitrogens with zero attached hydrogens (tertiary/aromatic N) is 5. The van der Waals surface area contributed by atoms with Crippen LogP contribution in [0, 0.1) is 0 Å². The molecule has 3 aromatic heterocycles. The summed E-state index contributed by atoms with van der Waals surface area (Å²) in [5.74, 6) is 1.36. The van der Waals surface area contributed by atoms with Gasteiger partial charge in [0.05, 0.1) is 24.0 Å². The highest BCUT2D eigenvalue weighted by Crippen LogP contribution is 2.34. The molecule has 2 atom stereocenters. The lowest BCUT2D eigenvalue weighted by atomic mass is 10.0. The summed E-state index contributed by atoms with van der Waals surface area (Å²) in [6.45, 7) is 1.44. The molecule has 2 aliphatic rings. The topological polar surface area (TPSA) is 82.1 Å². The van der Waals surface area contributed by atoms with Gasteiger partial charge in [-0.15, -0.1) is 0 Å². The quantitative estimate of drug-likeness (QED) is 0.748. The molecule has 0 saturated carbocycles. The minimum atomic E-state index is -1.02. The molecule has 0 aliphatic carbocycles. The van der Waals surface area contributed by atoms with Crippen molar-refractivity contribution in [2.24, 2.45) is 5.73 Å². The summed E-state index contributed by atoms with van der Waals surface area (Å²) < 4.78 is 21.4. The fraction of sp³-hybridized carbons (Fsp3) is 0.316. The second kappa shape index (κ2) is 6.31. The summed E-state index contributed by atoms with van der Waals surface area (Å²) in [5.41, 5.74) is 9.36. The van der Waals surface area contributed by atoms with Gasteiger partial charge in [-0.3, -0.25) is 0 Å². The molecule has 0 amide bonds. The van der Waals surface area contributed by atoms with Gasteiger partial charge in [-0.1, -0.05) is 0 Å². The molecule has 0 bridgehead atoms. The van der Waals surface area contributed by atoms with Gasteiger partial charge in [0, 0.05) is 30.5 Å². The number of fused-ring (bicyclic) bond motifs is 3. The Balaban J connectivity index is 1.41. The summed E-state index contributed by atoms with van der Waals surface area (Å²) in [4.78, 5) is 10.7. The monoisotopic (exact) mass is 366 g/mol. The average Bonchev–Trinajstić information content (AvgIpc) is 3.15. The van der Waals surface area contributed by atoms with Crippen LogP contribution in [0.3, 0.4) is 0 Å². The maximum atomic E-state index is 13.9. The summed E-state index contributed by atoms with van der Waals surface area (Å²) in [5, 5.41) is 4.69. The highest BCUT2D eigenvalue weighted by atomic mass is 19.1. The summed E-state index contributed by atoms with van der Waals surface area (Å²) in [6.07, 6.45) is 5.01. The van der Waals surface area contributed by atoms with E-state index in [0.29, 0.717) is 25.5 Å². The molecule has 8 heteroatoms. The normalized spacial score (nSPS) is 21.3. The molecule has 0 aromatic carbocycles. The second-order valence-corrected chi connectivity index (χ2v) is 6.88. The number of halogens is 1. The zero-order valence-electron chi connectivity index (χ0n) is 14.6. The number of aromatic nitrogens is 4. The van der Waals surface area contributed by atoms with E-state index in [0.717, 1.165) is 28.3 Å². The Hall–Kier alpha value is -3.00. The Morgan fingerprint density at radius 3 is 2.96 bits per heavy atom. The van der Waals surface area contributed by atoms with Gasteiger partial charge in [0.2, 0.25) is 5.88 Å². The molecule has 5 rings (SSSR count). The molecule has 3 aromatic rings. The number of piperidine rings is 1. The lowest BCUT2D eigenvalue weighted by Crippen LogP contribution is -2.48. The molecule has 138 valence electrons. The van der Waals surface area contributed by atoms with Crippen molar-refractivity contribution < 1.29 is 9.13 Å². The first-order valence-electron chi connectivity index (χ1n) is 8.97. The number of anilines is 1. The highest BCUT2D eigenvalue weighted by Gasteiger charge is 2.27. The zero-order chi connectivity index (χ0) is 18.4. The smallest absolute Gasteiger partial charge is 0.223 e. The van der Waals surface area contributed by atoms with E-state index >= 15 is 0 Å². The van der Waals surface area contributed by atoms with Crippen LogP contribution in [-0.2, 0) is 6.61 Å². The lowest BCUT2D eigenvalue weighted by molar-refractivity contribution is 0.251. The van der Waals surface area contributed by atoms with Gasteiger partial charge in [0.1, 0.15) is 24.3 Å². The van der Waals surface area contributed by atoms with Gasteiger partial charge in [-0.2, -0.15) is 5.10 Å². The number of ether oxygens (including phenoxy) is 1. The molecule has 2 N–H and O–H groups in total. The van der Waals surface area contributed by atoms with E-state index in [1.165, 1.54) is 0 Å². The van der Waals surface area contributed by atoms with E-state index in [1.54, 1.807) is 17.1 Å². The minimum Gasteiger partial charge on any atom is -0.472 e. The van der Waals surface area contributed by atoms with E-state index < -0.39 is 6.17 Å². The molecule has 5 heterocycles. The molecule has 2 aliphatic heterocycles. The Morgan fingerprint density at radius 1 is 1.22 bits per heavy atom. The standard InChI is InChI=1S/C19H19FN6O/c20-15-10-25(7-5-16(15)21)17-4-3-13(8-23-17)26-9-12-11-27-19-14(18(12)24-26)2-1-6-22-19/h1-4,6,8-9,15-16H,5,7,10-11,21H2. The van der Waals surface area contributed by atoms with Crippen LogP contribution in [0.25, 0.3) is 16.9 Å². The maximum absolute atomic E-state index is 13.9. The average molecular weight is 366 g/mol. The molecule has 0 radical (unpaired) electrons. The summed E-state index contributed by atoms with van der Waals surface area (Å²) >= 11 is 0. The van der Waals surface area contributed by atoms with E-state index in [-0.39, 0.29) is 12.6 Å². The molecule has 7 nitrogen and oxygen atoms in total. The second-order valence-electron chi connectivity index (χ2n) is 6.88. The van der Waals surface area contributed by atoms with E-state index in [4.69, 9.17) is 15.6 Å².